The first-order chi connectivity index (χ1) is 2.89. The van der Waals surface area contributed by atoms with Gasteiger partial charge in [0.1, 0.15) is 0 Å². The SMILES string of the molecule is [SiH]=C1CCCC1. The van der Waals surface area contributed by atoms with E-state index in [9.17, 15) is 0 Å². The highest BCUT2D eigenvalue weighted by Crippen LogP contribution is 2.11. The minimum atomic E-state index is 1.37. The highest BCUT2D eigenvalue weighted by Gasteiger charge is 2.00. The minimum Gasteiger partial charge on any atom is -0.0923 e. The Labute approximate surface area is 41.6 Å². The molecule has 0 aliphatic heterocycles. The van der Waals surface area contributed by atoms with Crippen molar-refractivity contribution in [3.05, 3.63) is 0 Å². The molecule has 0 aromatic carbocycles. The zero-order valence-electron chi connectivity index (χ0n) is 3.91. The summed E-state index contributed by atoms with van der Waals surface area (Å²) in [5.41, 5.74) is 0. The summed E-state index contributed by atoms with van der Waals surface area (Å²) >= 11 is 0. The fraction of sp³-hybridized carbons (Fsp3) is 0.800. The second kappa shape index (κ2) is 1.69. The lowest BCUT2D eigenvalue weighted by molar-refractivity contribution is 0.886. The van der Waals surface area contributed by atoms with Crippen molar-refractivity contribution >= 4 is 15.0 Å². The second-order valence-electron chi connectivity index (χ2n) is 1.87. The second-order valence-corrected chi connectivity index (χ2v) is 2.68. The third-order valence-electron chi connectivity index (χ3n) is 1.25. The molecule has 6 heavy (non-hydrogen) atoms. The van der Waals surface area contributed by atoms with Crippen molar-refractivity contribution in [3.8, 4) is 0 Å². The quantitative estimate of drug-likeness (QED) is 0.389. The molecule has 1 aliphatic carbocycles. The van der Waals surface area contributed by atoms with Crippen LogP contribution in [0.25, 0.3) is 0 Å². The number of rotatable bonds is 0. The molecule has 0 nitrogen and oxygen atoms in total. The van der Waals surface area contributed by atoms with Crippen LogP contribution in [0.5, 0.6) is 0 Å². The summed E-state index contributed by atoms with van der Waals surface area (Å²) < 4.78 is 0. The molecule has 0 saturated heterocycles. The van der Waals surface area contributed by atoms with E-state index in [2.05, 4.69) is 9.85 Å². The Balaban J connectivity index is 2.37. The van der Waals surface area contributed by atoms with Gasteiger partial charge in [-0.3, -0.25) is 0 Å². The van der Waals surface area contributed by atoms with Gasteiger partial charge in [-0.15, -0.1) is 0 Å². The minimum absolute atomic E-state index is 1.37. The van der Waals surface area contributed by atoms with E-state index >= 15 is 0 Å². The molecule has 0 aromatic rings. The lowest BCUT2D eigenvalue weighted by Crippen LogP contribution is -1.84. The normalized spacial score (nSPS) is 22.3. The first-order valence-electron chi connectivity index (χ1n) is 2.50. The molecule has 1 heteroatoms. The van der Waals surface area contributed by atoms with E-state index in [1.54, 1.807) is 5.17 Å². The molecule has 0 atom stereocenters. The number of hydrogen-bond donors (Lipinski definition) is 0. The van der Waals surface area contributed by atoms with Gasteiger partial charge in [0.2, 0.25) is 0 Å². The van der Waals surface area contributed by atoms with Gasteiger partial charge in [0.15, 0.2) is 0 Å². The van der Waals surface area contributed by atoms with Crippen molar-refractivity contribution in [2.75, 3.05) is 0 Å². The third kappa shape index (κ3) is 0.775. The molecule has 1 aliphatic rings. The lowest BCUT2D eigenvalue weighted by Gasteiger charge is -1.80. The molecule has 0 aromatic heterocycles. The van der Waals surface area contributed by atoms with Gasteiger partial charge in [-0.25, -0.2) is 0 Å². The van der Waals surface area contributed by atoms with E-state index < -0.39 is 0 Å². The van der Waals surface area contributed by atoms with Crippen LogP contribution in [0.2, 0.25) is 0 Å². The van der Waals surface area contributed by atoms with Crippen LogP contribution in [0.4, 0.5) is 0 Å². The van der Waals surface area contributed by atoms with E-state index in [1.807, 2.05) is 0 Å². The van der Waals surface area contributed by atoms with E-state index in [1.165, 1.54) is 25.7 Å². The average molecular weight is 97.2 g/mol. The molecule has 0 bridgehead atoms. The van der Waals surface area contributed by atoms with E-state index in [0.717, 1.165) is 0 Å². The topological polar surface area (TPSA) is 0 Å². The fourth-order valence-electron chi connectivity index (χ4n) is 0.829. The van der Waals surface area contributed by atoms with Crippen molar-refractivity contribution in [2.45, 2.75) is 25.7 Å². The largest absolute Gasteiger partial charge is 0.0923 e. The average Bonchev–Trinajstić information content (AvgIpc) is 1.86. The van der Waals surface area contributed by atoms with E-state index in [4.69, 9.17) is 0 Å². The van der Waals surface area contributed by atoms with Crippen LogP contribution in [0, 0.1) is 0 Å². The summed E-state index contributed by atoms with van der Waals surface area (Å²) in [6.07, 6.45) is 5.59. The van der Waals surface area contributed by atoms with Crippen LogP contribution >= 0.6 is 0 Å². The van der Waals surface area contributed by atoms with Crippen LogP contribution in [0.15, 0.2) is 0 Å². The molecule has 0 spiro atoms. The smallest absolute Gasteiger partial charge is 0.00112 e. The zero-order valence-corrected chi connectivity index (χ0v) is 5.06. The Kier molecular flexibility index (Phi) is 1.20. The summed E-state index contributed by atoms with van der Waals surface area (Å²) in [6, 6.07) is 0. The first kappa shape index (κ1) is 4.25. The van der Waals surface area contributed by atoms with Crippen molar-refractivity contribution in [3.63, 3.8) is 0 Å². The predicted octanol–water partition coefficient (Wildman–Crippen LogP) is 0.634. The Morgan fingerprint density at radius 1 is 1.17 bits per heavy atom. The Morgan fingerprint density at radius 3 is 1.83 bits per heavy atom. The maximum Gasteiger partial charge on any atom is -0.00112 e. The van der Waals surface area contributed by atoms with Crippen molar-refractivity contribution in [1.82, 2.24) is 0 Å². The molecule has 1 fully saturated rings. The molecule has 0 N–H and O–H groups in total. The molecule has 0 heterocycles. The summed E-state index contributed by atoms with van der Waals surface area (Å²) in [5.74, 6) is 0. The van der Waals surface area contributed by atoms with Gasteiger partial charge in [-0.2, -0.15) is 0 Å². The maximum absolute atomic E-state index is 2.79. The lowest BCUT2D eigenvalue weighted by atomic mass is 10.4. The number of hydrogen-bond acceptors (Lipinski definition) is 0. The third-order valence-corrected chi connectivity index (χ3v) is 1.82. The van der Waals surface area contributed by atoms with E-state index in [0.29, 0.717) is 0 Å². The van der Waals surface area contributed by atoms with Crippen LogP contribution in [0.1, 0.15) is 25.7 Å². The maximum atomic E-state index is 2.79. The van der Waals surface area contributed by atoms with E-state index in [-0.39, 0.29) is 0 Å². The predicted molar refractivity (Wildman–Crippen MR) is 30.6 cm³/mol. The standard InChI is InChI=1S/C5H9Si/c6-5-3-1-2-4-5/h6H,1-4H2. The Bertz CT molecular complexity index is 58.3. The Morgan fingerprint density at radius 2 is 1.67 bits per heavy atom. The summed E-state index contributed by atoms with van der Waals surface area (Å²) in [7, 11) is 2.79. The van der Waals surface area contributed by atoms with Crippen molar-refractivity contribution in [2.24, 2.45) is 0 Å². The monoisotopic (exact) mass is 97.0 g/mol. The first-order valence-corrected chi connectivity index (χ1v) is 3.07. The summed E-state index contributed by atoms with van der Waals surface area (Å²) in [6.45, 7) is 0. The van der Waals surface area contributed by atoms with Gasteiger partial charge in [0.05, 0.1) is 0 Å². The van der Waals surface area contributed by atoms with Gasteiger partial charge in [0, 0.05) is 0 Å². The van der Waals surface area contributed by atoms with Crippen LogP contribution in [-0.2, 0) is 0 Å². The molecular weight excluding hydrogens is 88.1 g/mol. The fourth-order valence-corrected chi connectivity index (χ4v) is 1.24. The van der Waals surface area contributed by atoms with Gasteiger partial charge in [0.25, 0.3) is 0 Å². The van der Waals surface area contributed by atoms with Gasteiger partial charge < -0.3 is 0 Å². The van der Waals surface area contributed by atoms with Gasteiger partial charge >= 0.3 is 0 Å². The summed E-state index contributed by atoms with van der Waals surface area (Å²) in [5, 5.41) is 1.62. The highest BCUT2D eigenvalue weighted by atomic mass is 28.1. The van der Waals surface area contributed by atoms with Crippen LogP contribution in [-0.4, -0.2) is 15.0 Å². The van der Waals surface area contributed by atoms with Crippen LogP contribution in [0.3, 0.4) is 0 Å². The molecule has 0 unspecified atom stereocenters. The Hall–Kier alpha value is 0.0869. The highest BCUT2D eigenvalue weighted by molar-refractivity contribution is 6.38. The molecule has 1 saturated carbocycles. The molecular formula is C5H9Si. The molecule has 1 rings (SSSR count). The molecule has 33 valence electrons. The van der Waals surface area contributed by atoms with Gasteiger partial charge in [-0.1, -0.05) is 5.17 Å². The summed E-state index contributed by atoms with van der Waals surface area (Å²) in [4.78, 5) is 0. The van der Waals surface area contributed by atoms with Gasteiger partial charge in [-0.05, 0) is 35.5 Å². The van der Waals surface area contributed by atoms with Crippen molar-refractivity contribution < 1.29 is 0 Å². The molecule has 1 radical (unpaired) electrons. The van der Waals surface area contributed by atoms with Crippen molar-refractivity contribution in [1.29, 1.82) is 0 Å². The van der Waals surface area contributed by atoms with Crippen LogP contribution < -0.4 is 0 Å². The zero-order chi connectivity index (χ0) is 4.41. The molecule has 0 amide bonds.